The number of nitrogens with zero attached hydrogens (tertiary/aromatic N) is 1. The second-order valence-electron chi connectivity index (χ2n) is 4.12. The van der Waals surface area contributed by atoms with E-state index in [1.54, 1.807) is 6.92 Å². The lowest BCUT2D eigenvalue weighted by Gasteiger charge is -2.35. The Morgan fingerprint density at radius 2 is 2.33 bits per heavy atom. The van der Waals surface area contributed by atoms with Crippen molar-refractivity contribution in [3.8, 4) is 0 Å². The van der Waals surface area contributed by atoms with E-state index in [1.165, 1.54) is 0 Å². The van der Waals surface area contributed by atoms with Crippen LogP contribution in [0.1, 0.15) is 27.2 Å². The van der Waals surface area contributed by atoms with Gasteiger partial charge in [0.25, 0.3) is 0 Å². The zero-order valence-electron chi connectivity index (χ0n) is 9.86. The van der Waals surface area contributed by atoms with Gasteiger partial charge in [0.05, 0.1) is 6.61 Å². The lowest BCUT2D eigenvalue weighted by Crippen LogP contribution is -2.47. The Morgan fingerprint density at radius 3 is 2.93 bits per heavy atom. The van der Waals surface area contributed by atoms with Gasteiger partial charge in [-0.2, -0.15) is 0 Å². The predicted molar refractivity (Wildman–Crippen MR) is 57.7 cm³/mol. The smallest absolute Gasteiger partial charge is 0.305 e. The summed E-state index contributed by atoms with van der Waals surface area (Å²) in [7, 11) is 0. The fourth-order valence-corrected chi connectivity index (χ4v) is 1.60. The summed E-state index contributed by atoms with van der Waals surface area (Å²) in [6, 6.07) is 0.526. The number of morpholine rings is 1. The van der Waals surface area contributed by atoms with E-state index < -0.39 is 0 Å². The normalized spacial score (nSPS) is 23.1. The molecule has 0 aromatic heterocycles. The molecule has 0 aliphatic carbocycles. The molecule has 0 saturated carbocycles. The first-order valence-corrected chi connectivity index (χ1v) is 5.64. The first-order valence-electron chi connectivity index (χ1n) is 5.64. The van der Waals surface area contributed by atoms with Crippen molar-refractivity contribution in [2.75, 3.05) is 26.3 Å². The van der Waals surface area contributed by atoms with Gasteiger partial charge in [-0.1, -0.05) is 6.92 Å². The van der Waals surface area contributed by atoms with E-state index in [2.05, 4.69) is 18.7 Å². The number of carbonyl (C=O) groups excluding carboxylic acids is 1. The van der Waals surface area contributed by atoms with E-state index in [0.29, 0.717) is 19.1 Å². The van der Waals surface area contributed by atoms with Gasteiger partial charge in [0, 0.05) is 25.6 Å². The quantitative estimate of drug-likeness (QED) is 0.657. The Labute approximate surface area is 91.5 Å². The number of hydrogen-bond acceptors (Lipinski definition) is 4. The van der Waals surface area contributed by atoms with Crippen molar-refractivity contribution < 1.29 is 14.3 Å². The maximum absolute atomic E-state index is 11.0. The molecule has 1 heterocycles. The number of rotatable bonds is 4. The van der Waals surface area contributed by atoms with Crippen LogP contribution in [0, 0.1) is 0 Å². The molecule has 4 heteroatoms. The summed E-state index contributed by atoms with van der Waals surface area (Å²) in [5.74, 6) is -0.153. The largest absolute Gasteiger partial charge is 0.463 e. The first kappa shape index (κ1) is 12.5. The zero-order chi connectivity index (χ0) is 11.3. The van der Waals surface area contributed by atoms with Crippen LogP contribution < -0.4 is 0 Å². The third kappa shape index (κ3) is 4.18. The summed E-state index contributed by atoms with van der Waals surface area (Å²) in [4.78, 5) is 13.3. The van der Waals surface area contributed by atoms with Crippen molar-refractivity contribution in [3.05, 3.63) is 0 Å². The van der Waals surface area contributed by atoms with Crippen molar-refractivity contribution in [2.45, 2.75) is 39.3 Å². The van der Waals surface area contributed by atoms with E-state index in [4.69, 9.17) is 9.47 Å². The maximum atomic E-state index is 11.0. The highest BCUT2D eigenvalue weighted by Crippen LogP contribution is 2.09. The topological polar surface area (TPSA) is 38.8 Å². The molecule has 0 aromatic carbocycles. The minimum Gasteiger partial charge on any atom is -0.463 e. The molecule has 1 aliphatic rings. The van der Waals surface area contributed by atoms with Gasteiger partial charge in [0.1, 0.15) is 12.7 Å². The second kappa shape index (κ2) is 6.08. The average molecular weight is 215 g/mol. The van der Waals surface area contributed by atoms with Crippen molar-refractivity contribution in [2.24, 2.45) is 0 Å². The van der Waals surface area contributed by atoms with Gasteiger partial charge in [0.2, 0.25) is 0 Å². The maximum Gasteiger partial charge on any atom is 0.305 e. The van der Waals surface area contributed by atoms with Crippen LogP contribution in [-0.2, 0) is 14.3 Å². The molecule has 0 radical (unpaired) electrons. The molecule has 15 heavy (non-hydrogen) atoms. The van der Waals surface area contributed by atoms with Gasteiger partial charge in [0.15, 0.2) is 0 Å². The van der Waals surface area contributed by atoms with Crippen LogP contribution in [-0.4, -0.2) is 49.3 Å². The van der Waals surface area contributed by atoms with Gasteiger partial charge in [-0.05, 0) is 13.8 Å². The Balaban J connectivity index is 2.27. The highest BCUT2D eigenvalue weighted by Gasteiger charge is 2.22. The Morgan fingerprint density at radius 1 is 1.60 bits per heavy atom. The molecule has 0 unspecified atom stereocenters. The van der Waals surface area contributed by atoms with Crippen molar-refractivity contribution in [1.29, 1.82) is 0 Å². The molecule has 0 N–H and O–H groups in total. The van der Waals surface area contributed by atoms with Gasteiger partial charge in [-0.3, -0.25) is 9.69 Å². The lowest BCUT2D eigenvalue weighted by atomic mass is 10.2. The average Bonchev–Trinajstić information content (AvgIpc) is 2.26. The molecule has 4 nitrogen and oxygen atoms in total. The fourth-order valence-electron chi connectivity index (χ4n) is 1.60. The first-order chi connectivity index (χ1) is 7.13. The Kier molecular flexibility index (Phi) is 5.05. The fraction of sp³-hybridized carbons (Fsp3) is 0.909. The predicted octanol–water partition coefficient (Wildman–Crippen LogP) is 1.05. The SMILES string of the molecule is CCC(=O)OC[C@H]1CN(C(C)C)CCO1. The van der Waals surface area contributed by atoms with E-state index in [9.17, 15) is 4.79 Å². The number of esters is 1. The van der Waals surface area contributed by atoms with Gasteiger partial charge < -0.3 is 9.47 Å². The number of carbonyl (C=O) groups is 1. The van der Waals surface area contributed by atoms with Gasteiger partial charge >= 0.3 is 5.97 Å². The summed E-state index contributed by atoms with van der Waals surface area (Å²) in [6.45, 7) is 9.07. The van der Waals surface area contributed by atoms with Crippen LogP contribution >= 0.6 is 0 Å². The summed E-state index contributed by atoms with van der Waals surface area (Å²) >= 11 is 0. The molecule has 88 valence electrons. The Bertz CT molecular complexity index is 206. The van der Waals surface area contributed by atoms with Crippen molar-refractivity contribution in [1.82, 2.24) is 4.90 Å². The van der Waals surface area contributed by atoms with Crippen molar-refractivity contribution >= 4 is 5.97 Å². The second-order valence-corrected chi connectivity index (χ2v) is 4.12. The highest BCUT2D eigenvalue weighted by atomic mass is 16.6. The van der Waals surface area contributed by atoms with Crippen LogP contribution in [0.25, 0.3) is 0 Å². The molecule has 0 aromatic rings. The van der Waals surface area contributed by atoms with Gasteiger partial charge in [-0.25, -0.2) is 0 Å². The van der Waals surface area contributed by atoms with E-state index in [1.807, 2.05) is 0 Å². The molecule has 0 amide bonds. The molecule has 0 bridgehead atoms. The monoisotopic (exact) mass is 215 g/mol. The summed E-state index contributed by atoms with van der Waals surface area (Å²) in [6.07, 6.45) is 0.470. The van der Waals surface area contributed by atoms with Crippen LogP contribution in [0.4, 0.5) is 0 Å². The molecular formula is C11H21NO3. The molecule has 1 aliphatic heterocycles. The summed E-state index contributed by atoms with van der Waals surface area (Å²) in [5.41, 5.74) is 0. The van der Waals surface area contributed by atoms with E-state index in [-0.39, 0.29) is 12.1 Å². The minimum absolute atomic E-state index is 0.0386. The van der Waals surface area contributed by atoms with E-state index >= 15 is 0 Å². The molecular weight excluding hydrogens is 194 g/mol. The molecule has 1 atom stereocenters. The van der Waals surface area contributed by atoms with Crippen LogP contribution in [0.3, 0.4) is 0 Å². The molecule has 1 rings (SSSR count). The molecule has 1 fully saturated rings. The minimum atomic E-state index is -0.153. The highest BCUT2D eigenvalue weighted by molar-refractivity contribution is 5.68. The third-order valence-corrected chi connectivity index (χ3v) is 2.62. The number of hydrogen-bond donors (Lipinski definition) is 0. The Hall–Kier alpha value is -0.610. The summed E-state index contributed by atoms with van der Waals surface area (Å²) < 4.78 is 10.6. The van der Waals surface area contributed by atoms with Crippen LogP contribution in [0.15, 0.2) is 0 Å². The lowest BCUT2D eigenvalue weighted by molar-refractivity contribution is -0.150. The summed E-state index contributed by atoms with van der Waals surface area (Å²) in [5, 5.41) is 0. The zero-order valence-corrected chi connectivity index (χ0v) is 9.86. The van der Waals surface area contributed by atoms with Crippen LogP contribution in [0.5, 0.6) is 0 Å². The molecule has 1 saturated heterocycles. The van der Waals surface area contributed by atoms with Crippen molar-refractivity contribution in [3.63, 3.8) is 0 Å². The van der Waals surface area contributed by atoms with Crippen LogP contribution in [0.2, 0.25) is 0 Å². The standard InChI is InChI=1S/C11H21NO3/c1-4-11(13)15-8-10-7-12(9(2)3)5-6-14-10/h9-10H,4-8H2,1-3H3/t10-/m1/s1. The molecule has 0 spiro atoms. The van der Waals surface area contributed by atoms with Gasteiger partial charge in [-0.15, -0.1) is 0 Å². The van der Waals surface area contributed by atoms with E-state index in [0.717, 1.165) is 19.7 Å². The third-order valence-electron chi connectivity index (χ3n) is 2.62. The number of ether oxygens (including phenoxy) is 2.